The second-order valence-corrected chi connectivity index (χ2v) is 6.70. The van der Waals surface area contributed by atoms with Gasteiger partial charge in [0, 0.05) is 48.4 Å². The second kappa shape index (κ2) is 7.07. The molecular formula is C21H19N3O3. The molecule has 6 heteroatoms. The SMILES string of the molecule is O=C1C=CN(CCc2c[nH]c3ccccc23)C(c2ccc([N+](=O)[O-])cc2)C1. The van der Waals surface area contributed by atoms with Gasteiger partial charge < -0.3 is 9.88 Å². The van der Waals surface area contributed by atoms with Crippen LogP contribution in [-0.4, -0.2) is 27.1 Å². The number of carbonyl (C=O) groups is 1. The molecule has 0 spiro atoms. The zero-order chi connectivity index (χ0) is 18.8. The quantitative estimate of drug-likeness (QED) is 0.547. The zero-order valence-electron chi connectivity index (χ0n) is 14.7. The Morgan fingerprint density at radius 1 is 1.15 bits per heavy atom. The summed E-state index contributed by atoms with van der Waals surface area (Å²) in [4.78, 5) is 27.8. The molecule has 0 saturated heterocycles. The molecule has 6 nitrogen and oxygen atoms in total. The van der Waals surface area contributed by atoms with Crippen molar-refractivity contribution in [3.63, 3.8) is 0 Å². The van der Waals surface area contributed by atoms with Gasteiger partial charge in [0.15, 0.2) is 5.78 Å². The maximum atomic E-state index is 11.9. The molecule has 2 heterocycles. The number of ketones is 1. The summed E-state index contributed by atoms with van der Waals surface area (Å²) < 4.78 is 0. The van der Waals surface area contributed by atoms with Gasteiger partial charge in [-0.05, 0) is 29.7 Å². The van der Waals surface area contributed by atoms with Gasteiger partial charge in [-0.1, -0.05) is 30.3 Å². The number of para-hydroxylation sites is 1. The van der Waals surface area contributed by atoms with Crippen molar-refractivity contribution in [2.24, 2.45) is 0 Å². The highest BCUT2D eigenvalue weighted by Gasteiger charge is 2.24. The van der Waals surface area contributed by atoms with Crippen LogP contribution in [0.5, 0.6) is 0 Å². The van der Waals surface area contributed by atoms with Crippen LogP contribution in [0.2, 0.25) is 0 Å². The van der Waals surface area contributed by atoms with Crippen molar-refractivity contribution < 1.29 is 9.72 Å². The summed E-state index contributed by atoms with van der Waals surface area (Å²) in [5.41, 5.74) is 3.32. The normalized spacial score (nSPS) is 16.8. The fourth-order valence-corrected chi connectivity index (χ4v) is 3.60. The van der Waals surface area contributed by atoms with Crippen LogP contribution in [0, 0.1) is 10.1 Å². The van der Waals surface area contributed by atoms with Crippen LogP contribution in [-0.2, 0) is 11.2 Å². The number of nitro benzene ring substituents is 1. The molecule has 0 radical (unpaired) electrons. The fraction of sp³-hybridized carbons (Fsp3) is 0.190. The van der Waals surface area contributed by atoms with Gasteiger partial charge in [-0.15, -0.1) is 0 Å². The summed E-state index contributed by atoms with van der Waals surface area (Å²) in [5.74, 6) is 0.0710. The minimum Gasteiger partial charge on any atom is -0.369 e. The summed E-state index contributed by atoms with van der Waals surface area (Å²) in [5, 5.41) is 12.1. The van der Waals surface area contributed by atoms with E-state index in [2.05, 4.69) is 22.0 Å². The van der Waals surface area contributed by atoms with Gasteiger partial charge in [-0.25, -0.2) is 0 Å². The lowest BCUT2D eigenvalue weighted by atomic mass is 9.96. The van der Waals surface area contributed by atoms with E-state index in [4.69, 9.17) is 0 Å². The third-order valence-electron chi connectivity index (χ3n) is 5.05. The summed E-state index contributed by atoms with van der Waals surface area (Å²) in [6.45, 7) is 0.757. The predicted octanol–water partition coefficient (Wildman–Crippen LogP) is 4.15. The van der Waals surface area contributed by atoms with Crippen molar-refractivity contribution >= 4 is 22.4 Å². The van der Waals surface area contributed by atoms with Gasteiger partial charge in [0.05, 0.1) is 11.0 Å². The van der Waals surface area contributed by atoms with Crippen LogP contribution in [0.3, 0.4) is 0 Å². The third-order valence-corrected chi connectivity index (χ3v) is 5.05. The second-order valence-electron chi connectivity index (χ2n) is 6.70. The van der Waals surface area contributed by atoms with Gasteiger partial charge >= 0.3 is 0 Å². The molecule has 4 rings (SSSR count). The molecular weight excluding hydrogens is 342 g/mol. The monoisotopic (exact) mass is 361 g/mol. The van der Waals surface area contributed by atoms with E-state index in [1.54, 1.807) is 18.2 Å². The van der Waals surface area contributed by atoms with Crippen molar-refractivity contribution in [2.75, 3.05) is 6.54 Å². The molecule has 1 aliphatic heterocycles. The largest absolute Gasteiger partial charge is 0.369 e. The molecule has 1 atom stereocenters. The van der Waals surface area contributed by atoms with E-state index in [0.717, 1.165) is 24.0 Å². The molecule has 136 valence electrons. The highest BCUT2D eigenvalue weighted by Crippen LogP contribution is 2.30. The van der Waals surface area contributed by atoms with E-state index in [0.29, 0.717) is 6.42 Å². The lowest BCUT2D eigenvalue weighted by molar-refractivity contribution is -0.384. The first kappa shape index (κ1) is 17.0. The number of rotatable bonds is 5. The number of hydrogen-bond donors (Lipinski definition) is 1. The summed E-state index contributed by atoms with van der Waals surface area (Å²) in [6.07, 6.45) is 6.70. The molecule has 1 N–H and O–H groups in total. The van der Waals surface area contributed by atoms with Crippen LogP contribution in [0.4, 0.5) is 5.69 Å². The molecule has 0 amide bonds. The first-order valence-electron chi connectivity index (χ1n) is 8.88. The van der Waals surface area contributed by atoms with Gasteiger partial charge in [-0.2, -0.15) is 0 Å². The zero-order valence-corrected chi connectivity index (χ0v) is 14.7. The number of allylic oxidation sites excluding steroid dienone is 1. The third kappa shape index (κ3) is 3.46. The smallest absolute Gasteiger partial charge is 0.269 e. The molecule has 1 aliphatic rings. The molecule has 0 aliphatic carbocycles. The molecule has 27 heavy (non-hydrogen) atoms. The van der Waals surface area contributed by atoms with E-state index in [9.17, 15) is 14.9 Å². The van der Waals surface area contributed by atoms with Crippen LogP contribution in [0.25, 0.3) is 10.9 Å². The lowest BCUT2D eigenvalue weighted by Gasteiger charge is -2.33. The summed E-state index contributed by atoms with van der Waals surface area (Å²) in [7, 11) is 0. The number of nitrogens with one attached hydrogen (secondary N) is 1. The minimum atomic E-state index is -0.412. The molecule has 2 aromatic carbocycles. The maximum absolute atomic E-state index is 11.9. The summed E-state index contributed by atoms with van der Waals surface area (Å²) >= 11 is 0. The van der Waals surface area contributed by atoms with Crippen molar-refractivity contribution in [1.29, 1.82) is 0 Å². The number of fused-ring (bicyclic) bond motifs is 1. The Hall–Kier alpha value is -3.41. The van der Waals surface area contributed by atoms with Gasteiger partial charge in [0.1, 0.15) is 0 Å². The van der Waals surface area contributed by atoms with Crippen molar-refractivity contribution in [3.8, 4) is 0 Å². The molecule has 0 saturated carbocycles. The van der Waals surface area contributed by atoms with Gasteiger partial charge in [0.25, 0.3) is 5.69 Å². The number of carbonyl (C=O) groups excluding carboxylic acids is 1. The summed E-state index contributed by atoms with van der Waals surface area (Å²) in [6, 6.07) is 14.6. The number of benzene rings is 2. The number of hydrogen-bond acceptors (Lipinski definition) is 4. The fourth-order valence-electron chi connectivity index (χ4n) is 3.60. The van der Waals surface area contributed by atoms with E-state index >= 15 is 0 Å². The van der Waals surface area contributed by atoms with Crippen LogP contribution < -0.4 is 0 Å². The minimum absolute atomic E-state index is 0.0572. The topological polar surface area (TPSA) is 79.2 Å². The Morgan fingerprint density at radius 3 is 2.70 bits per heavy atom. The van der Waals surface area contributed by atoms with E-state index in [-0.39, 0.29) is 17.5 Å². The first-order chi connectivity index (χ1) is 13.1. The number of nitro groups is 1. The Labute approximate surface area is 156 Å². The number of non-ortho nitro benzene ring substituents is 1. The molecule has 3 aromatic rings. The highest BCUT2D eigenvalue weighted by molar-refractivity contribution is 5.91. The highest BCUT2D eigenvalue weighted by atomic mass is 16.6. The molecule has 0 bridgehead atoms. The van der Waals surface area contributed by atoms with Crippen LogP contribution in [0.15, 0.2) is 67.0 Å². The average Bonchev–Trinajstić information content (AvgIpc) is 3.10. The van der Waals surface area contributed by atoms with Gasteiger partial charge in [-0.3, -0.25) is 14.9 Å². The predicted molar refractivity (Wildman–Crippen MR) is 103 cm³/mol. The van der Waals surface area contributed by atoms with Crippen molar-refractivity contribution in [3.05, 3.63) is 88.2 Å². The Balaban J connectivity index is 1.55. The lowest BCUT2D eigenvalue weighted by Crippen LogP contribution is -2.30. The average molecular weight is 361 g/mol. The van der Waals surface area contributed by atoms with E-state index < -0.39 is 4.92 Å². The number of nitrogens with zero attached hydrogens (tertiary/aromatic N) is 2. The molecule has 0 fully saturated rings. The van der Waals surface area contributed by atoms with Crippen LogP contribution in [0.1, 0.15) is 23.6 Å². The number of H-pyrrole nitrogens is 1. The Bertz CT molecular complexity index is 1020. The van der Waals surface area contributed by atoms with Crippen molar-refractivity contribution in [1.82, 2.24) is 9.88 Å². The number of aromatic nitrogens is 1. The van der Waals surface area contributed by atoms with Gasteiger partial charge in [0.2, 0.25) is 0 Å². The van der Waals surface area contributed by atoms with Crippen molar-refractivity contribution in [2.45, 2.75) is 18.9 Å². The maximum Gasteiger partial charge on any atom is 0.269 e. The first-order valence-corrected chi connectivity index (χ1v) is 8.88. The number of aromatic amines is 1. The standard InChI is InChI=1S/C21H19N3O3/c25-18-10-12-23(11-9-16-14-22-20-4-2-1-3-19(16)20)21(13-18)15-5-7-17(8-6-15)24(26)27/h1-8,10,12,14,21-22H,9,11,13H2. The van der Waals surface area contributed by atoms with Crippen LogP contribution >= 0.6 is 0 Å². The van der Waals surface area contributed by atoms with E-state index in [1.165, 1.54) is 23.1 Å². The molecule has 1 unspecified atom stereocenters. The molecule has 1 aromatic heterocycles. The Kier molecular flexibility index (Phi) is 4.46. The Morgan fingerprint density at radius 2 is 1.93 bits per heavy atom. The van der Waals surface area contributed by atoms with E-state index in [1.807, 2.05) is 24.5 Å².